The Morgan fingerprint density at radius 1 is 1.26 bits per heavy atom. The molecule has 0 aromatic rings. The molecule has 2 N–H and O–H groups in total. The molecule has 0 unspecified atom stereocenters. The van der Waals surface area contributed by atoms with E-state index in [0.717, 1.165) is 12.8 Å². The maximum Gasteiger partial charge on any atom is 0.192 e. The molecule has 34 heavy (non-hydrogen) atoms. The van der Waals surface area contributed by atoms with Crippen molar-refractivity contribution in [3.63, 3.8) is 0 Å². The summed E-state index contributed by atoms with van der Waals surface area (Å²) in [5, 5.41) is 21.5. The van der Waals surface area contributed by atoms with E-state index in [2.05, 4.69) is 60.7 Å². The summed E-state index contributed by atoms with van der Waals surface area (Å²) in [6, 6.07) is 0. The van der Waals surface area contributed by atoms with Crippen LogP contribution in [-0.2, 0) is 14.0 Å². The summed E-state index contributed by atoms with van der Waals surface area (Å²) in [6.07, 6.45) is 6.86. The predicted octanol–water partition coefficient (Wildman–Crippen LogP) is 4.98. The molecular weight excluding hydrogens is 444 g/mol. The SMILES string of the molecule is CC1=C2CC(=O)C=C[C@]2(C)[C@@H]2[C@@H](C1)[C@@H]1CC[C@](O)(C(=O)CO)[C@@]1(C)C[C@@H]2O[Si](C)(C)C(C)(C)C. The van der Waals surface area contributed by atoms with Gasteiger partial charge >= 0.3 is 0 Å². The number of rotatable bonds is 4. The number of carbonyl (C=O) groups excluding carboxylic acids is 2. The van der Waals surface area contributed by atoms with E-state index in [-0.39, 0.29) is 40.1 Å². The normalized spacial score (nSPS) is 42.4. The number of aliphatic hydroxyl groups is 2. The number of allylic oxidation sites excluding steroid dienone is 4. The van der Waals surface area contributed by atoms with Crippen molar-refractivity contribution in [3.05, 3.63) is 23.3 Å². The van der Waals surface area contributed by atoms with Gasteiger partial charge in [0.2, 0.25) is 0 Å². The average Bonchev–Trinajstić information content (AvgIpc) is 2.99. The third-order valence-corrected chi connectivity index (χ3v) is 15.3. The van der Waals surface area contributed by atoms with Crippen LogP contribution in [0.25, 0.3) is 0 Å². The van der Waals surface area contributed by atoms with Crippen molar-refractivity contribution in [1.29, 1.82) is 0 Å². The fraction of sp³-hybridized carbons (Fsp3) is 0.786. The largest absolute Gasteiger partial charge is 0.414 e. The van der Waals surface area contributed by atoms with Gasteiger partial charge in [-0.05, 0) is 74.6 Å². The fourth-order valence-electron chi connectivity index (χ4n) is 7.90. The lowest BCUT2D eigenvalue weighted by Gasteiger charge is -2.61. The molecule has 0 heterocycles. The number of ketones is 2. The molecule has 190 valence electrons. The van der Waals surface area contributed by atoms with E-state index in [9.17, 15) is 19.8 Å². The molecule has 0 amide bonds. The van der Waals surface area contributed by atoms with Crippen molar-refractivity contribution in [3.8, 4) is 0 Å². The zero-order valence-corrected chi connectivity index (χ0v) is 23.3. The van der Waals surface area contributed by atoms with E-state index in [0.29, 0.717) is 19.3 Å². The van der Waals surface area contributed by atoms with Crippen LogP contribution in [0, 0.1) is 28.6 Å². The van der Waals surface area contributed by atoms with Crippen LogP contribution in [-0.4, -0.2) is 48.4 Å². The highest BCUT2D eigenvalue weighted by Gasteiger charge is 2.69. The Morgan fingerprint density at radius 2 is 1.91 bits per heavy atom. The molecule has 7 atom stereocenters. The van der Waals surface area contributed by atoms with Crippen molar-refractivity contribution in [2.75, 3.05) is 6.61 Å². The highest BCUT2D eigenvalue weighted by Crippen LogP contribution is 2.68. The van der Waals surface area contributed by atoms with Gasteiger partial charge in [0, 0.05) is 23.4 Å². The third kappa shape index (κ3) is 3.50. The van der Waals surface area contributed by atoms with Crippen molar-refractivity contribution in [2.45, 2.75) is 103 Å². The van der Waals surface area contributed by atoms with Gasteiger partial charge in [-0.3, -0.25) is 9.59 Å². The topological polar surface area (TPSA) is 83.8 Å². The van der Waals surface area contributed by atoms with Crippen LogP contribution in [0.4, 0.5) is 0 Å². The molecule has 0 radical (unpaired) electrons. The molecule has 0 aliphatic heterocycles. The van der Waals surface area contributed by atoms with Crippen molar-refractivity contribution in [1.82, 2.24) is 0 Å². The van der Waals surface area contributed by atoms with E-state index in [1.807, 2.05) is 0 Å². The van der Waals surface area contributed by atoms with Gasteiger partial charge < -0.3 is 14.6 Å². The van der Waals surface area contributed by atoms with E-state index in [4.69, 9.17) is 4.43 Å². The fourth-order valence-corrected chi connectivity index (χ4v) is 9.24. The zero-order chi connectivity index (χ0) is 25.5. The molecule has 0 bridgehead atoms. The highest BCUT2D eigenvalue weighted by molar-refractivity contribution is 6.74. The summed E-state index contributed by atoms with van der Waals surface area (Å²) in [6.45, 7) is 17.1. The van der Waals surface area contributed by atoms with Gasteiger partial charge in [-0.25, -0.2) is 0 Å². The molecule has 0 saturated heterocycles. The Kier molecular flexibility index (Phi) is 6.08. The second kappa shape index (κ2) is 7.96. The minimum absolute atomic E-state index is 0.0235. The molecular formula is C28H44O5Si. The first-order valence-corrected chi connectivity index (χ1v) is 15.9. The molecule has 4 aliphatic rings. The lowest BCUT2D eigenvalue weighted by molar-refractivity contribution is -0.175. The number of hydrogen-bond acceptors (Lipinski definition) is 5. The Balaban J connectivity index is 1.87. The van der Waals surface area contributed by atoms with Gasteiger partial charge in [0.05, 0.1) is 0 Å². The minimum atomic E-state index is -2.17. The van der Waals surface area contributed by atoms with Gasteiger partial charge in [0.25, 0.3) is 0 Å². The van der Waals surface area contributed by atoms with Gasteiger partial charge in [-0.1, -0.05) is 51.8 Å². The summed E-state index contributed by atoms with van der Waals surface area (Å²) in [5.41, 5.74) is 0.0817. The summed E-state index contributed by atoms with van der Waals surface area (Å²) in [4.78, 5) is 25.3. The molecule has 0 spiro atoms. The number of Topliss-reactive ketones (excluding diaryl/α,β-unsaturated/α-hetero) is 1. The van der Waals surface area contributed by atoms with Gasteiger partial charge in [0.15, 0.2) is 19.9 Å². The van der Waals surface area contributed by atoms with E-state index in [1.54, 1.807) is 6.08 Å². The average molecular weight is 489 g/mol. The Bertz CT molecular complexity index is 958. The lowest BCUT2D eigenvalue weighted by Crippen LogP contribution is -2.63. The maximum absolute atomic E-state index is 12.9. The molecule has 0 aromatic carbocycles. The minimum Gasteiger partial charge on any atom is -0.414 e. The van der Waals surface area contributed by atoms with E-state index < -0.39 is 31.7 Å². The first kappa shape index (κ1) is 26.0. The summed E-state index contributed by atoms with van der Waals surface area (Å²) < 4.78 is 7.18. The van der Waals surface area contributed by atoms with Crippen LogP contribution >= 0.6 is 0 Å². The number of hydrogen-bond donors (Lipinski definition) is 2. The third-order valence-electron chi connectivity index (χ3n) is 10.8. The van der Waals surface area contributed by atoms with Crippen LogP contribution in [0.1, 0.15) is 73.6 Å². The Labute approximate surface area is 206 Å². The number of aliphatic hydroxyl groups excluding tert-OH is 1. The van der Waals surface area contributed by atoms with Crippen molar-refractivity contribution >= 4 is 19.9 Å². The smallest absolute Gasteiger partial charge is 0.192 e. The molecule has 5 nitrogen and oxygen atoms in total. The monoisotopic (exact) mass is 488 g/mol. The van der Waals surface area contributed by atoms with Crippen LogP contribution in [0.3, 0.4) is 0 Å². The van der Waals surface area contributed by atoms with Crippen LogP contribution in [0.5, 0.6) is 0 Å². The maximum atomic E-state index is 12.9. The molecule has 4 aliphatic carbocycles. The summed E-state index contributed by atoms with van der Waals surface area (Å²) >= 11 is 0. The van der Waals surface area contributed by atoms with Crippen LogP contribution < -0.4 is 0 Å². The molecule has 4 rings (SSSR count). The van der Waals surface area contributed by atoms with Crippen LogP contribution in [0.15, 0.2) is 23.3 Å². The van der Waals surface area contributed by atoms with Gasteiger partial charge in [-0.15, -0.1) is 0 Å². The summed E-state index contributed by atoms with van der Waals surface area (Å²) in [5.74, 6) is 0.309. The van der Waals surface area contributed by atoms with Crippen LogP contribution in [0.2, 0.25) is 18.1 Å². The molecule has 0 aromatic heterocycles. The van der Waals surface area contributed by atoms with E-state index >= 15 is 0 Å². The Hall–Kier alpha value is -1.08. The van der Waals surface area contributed by atoms with E-state index in [1.165, 1.54) is 11.1 Å². The molecule has 2 fully saturated rings. The first-order chi connectivity index (χ1) is 15.5. The Morgan fingerprint density at radius 3 is 2.50 bits per heavy atom. The second-order valence-electron chi connectivity index (χ2n) is 13.5. The second-order valence-corrected chi connectivity index (χ2v) is 18.3. The predicted molar refractivity (Wildman–Crippen MR) is 136 cm³/mol. The quantitative estimate of drug-likeness (QED) is 0.431. The van der Waals surface area contributed by atoms with Gasteiger partial charge in [0.1, 0.15) is 12.2 Å². The molecule has 2 saturated carbocycles. The summed E-state index contributed by atoms with van der Waals surface area (Å²) in [7, 11) is -2.17. The standard InChI is InChI=1S/C28H44O5Si/c1-17-13-19-20-10-12-28(32,23(31)16-29)27(20,6)15-22(33-34(7,8)25(2,3)4)24(19)26(5)11-9-18(30)14-21(17)26/h9,11,19-20,22,24,29,32H,10,12-16H2,1-8H3/t19-,20-,22-,24+,26-,27-,28-/m0/s1. The molecule has 6 heteroatoms. The highest BCUT2D eigenvalue weighted by atomic mass is 28.4. The van der Waals surface area contributed by atoms with Crippen molar-refractivity contribution < 1.29 is 24.2 Å². The number of carbonyl (C=O) groups is 2. The lowest BCUT2D eigenvalue weighted by atomic mass is 9.46. The van der Waals surface area contributed by atoms with Gasteiger partial charge in [-0.2, -0.15) is 0 Å². The zero-order valence-electron chi connectivity index (χ0n) is 22.3. The first-order valence-electron chi connectivity index (χ1n) is 13.0. The number of fused-ring (bicyclic) bond motifs is 5. The van der Waals surface area contributed by atoms with Crippen molar-refractivity contribution in [2.24, 2.45) is 28.6 Å².